The van der Waals surface area contributed by atoms with Gasteiger partial charge in [-0.15, -0.1) is 0 Å². The topological polar surface area (TPSA) is 84.9 Å². The zero-order valence-electron chi connectivity index (χ0n) is 24.0. The number of hydrogen-bond acceptors (Lipinski definition) is 6. The van der Waals surface area contributed by atoms with Gasteiger partial charge < -0.3 is 19.7 Å². The molecular formula is C36H30N2O5. The smallest absolute Gasteiger partial charge is 0.238 e. The third-order valence-corrected chi connectivity index (χ3v) is 9.16. The molecule has 1 spiro atoms. The fourth-order valence-electron chi connectivity index (χ4n) is 7.27. The van der Waals surface area contributed by atoms with Gasteiger partial charge in [0.2, 0.25) is 5.91 Å². The van der Waals surface area contributed by atoms with E-state index >= 15 is 0 Å². The maximum Gasteiger partial charge on any atom is 0.238 e. The zero-order valence-corrected chi connectivity index (χ0v) is 24.0. The Morgan fingerprint density at radius 1 is 0.791 bits per heavy atom. The van der Waals surface area contributed by atoms with Crippen molar-refractivity contribution in [1.82, 2.24) is 0 Å². The largest absolute Gasteiger partial charge is 0.497 e. The van der Waals surface area contributed by atoms with Crippen LogP contribution in [0.15, 0.2) is 103 Å². The van der Waals surface area contributed by atoms with Crippen LogP contribution in [0.4, 0.5) is 11.4 Å². The Bertz CT molecular complexity index is 1830. The molecule has 4 atom stereocenters. The van der Waals surface area contributed by atoms with E-state index in [2.05, 4.69) is 11.4 Å². The molecule has 0 radical (unpaired) electrons. The first-order valence-electron chi connectivity index (χ1n) is 14.2. The van der Waals surface area contributed by atoms with Crippen molar-refractivity contribution in [1.29, 1.82) is 0 Å². The van der Waals surface area contributed by atoms with E-state index in [1.165, 1.54) is 0 Å². The molecule has 1 fully saturated rings. The molecule has 7 nitrogen and oxygen atoms in total. The molecule has 7 rings (SSSR count). The summed E-state index contributed by atoms with van der Waals surface area (Å²) in [5.41, 5.74) is 3.56. The van der Waals surface area contributed by atoms with Gasteiger partial charge >= 0.3 is 0 Å². The van der Waals surface area contributed by atoms with Crippen LogP contribution in [0.1, 0.15) is 38.8 Å². The summed E-state index contributed by atoms with van der Waals surface area (Å²) in [6.45, 7) is 2.01. The van der Waals surface area contributed by atoms with Gasteiger partial charge in [-0.25, -0.2) is 0 Å². The van der Waals surface area contributed by atoms with Crippen LogP contribution >= 0.6 is 0 Å². The number of methoxy groups -OCH3 is 2. The fraction of sp³-hybridized carbons (Fsp3) is 0.194. The highest BCUT2D eigenvalue weighted by atomic mass is 16.5. The molecule has 0 bridgehead atoms. The summed E-state index contributed by atoms with van der Waals surface area (Å²) in [4.78, 5) is 46.3. The standard InChI is InChI=1S/C36H30N2O5/c1-21-19-30-36(27-12-5-6-13-28(27)37-35(36)41)31(33(39)23-9-8-10-25(20-23)43-3)32(38(30)29-14-7-4-11-26(21)29)34(40)22-15-17-24(42-2)18-16-22/h4-20,30-32H,1-3H3,(H,37,41)/t30-,31-,32+,36-/m1/s1. The first-order chi connectivity index (χ1) is 20.9. The summed E-state index contributed by atoms with van der Waals surface area (Å²) >= 11 is 0. The Morgan fingerprint density at radius 2 is 1.51 bits per heavy atom. The lowest BCUT2D eigenvalue weighted by atomic mass is 9.64. The number of carbonyl (C=O) groups excluding carboxylic acids is 3. The predicted octanol–water partition coefficient (Wildman–Crippen LogP) is 5.95. The Balaban J connectivity index is 1.53. The average Bonchev–Trinajstić information content (AvgIpc) is 3.52. The number of ether oxygens (including phenoxy) is 2. The van der Waals surface area contributed by atoms with Crippen LogP contribution in [-0.4, -0.2) is 43.8 Å². The quantitative estimate of drug-likeness (QED) is 0.289. The number of allylic oxidation sites excluding steroid dienone is 1. The van der Waals surface area contributed by atoms with Crippen molar-refractivity contribution in [2.45, 2.75) is 24.4 Å². The minimum absolute atomic E-state index is 0.245. The lowest BCUT2D eigenvalue weighted by Crippen LogP contribution is -2.51. The summed E-state index contributed by atoms with van der Waals surface area (Å²) in [5.74, 6) is -0.754. The molecule has 1 saturated heterocycles. The van der Waals surface area contributed by atoms with Crippen LogP contribution in [0.5, 0.6) is 11.5 Å². The predicted molar refractivity (Wildman–Crippen MR) is 165 cm³/mol. The number of amides is 1. The molecule has 1 amide bonds. The Hall–Kier alpha value is -5.17. The highest BCUT2D eigenvalue weighted by Gasteiger charge is 2.70. The molecule has 0 unspecified atom stereocenters. The van der Waals surface area contributed by atoms with Crippen molar-refractivity contribution in [3.63, 3.8) is 0 Å². The van der Waals surface area contributed by atoms with Crippen molar-refractivity contribution in [3.8, 4) is 11.5 Å². The van der Waals surface area contributed by atoms with E-state index in [4.69, 9.17) is 9.47 Å². The number of Topliss-reactive ketones (excluding diaryl/α,β-unsaturated/α-hetero) is 2. The minimum atomic E-state index is -1.38. The number of ketones is 2. The van der Waals surface area contributed by atoms with Crippen molar-refractivity contribution >= 4 is 34.4 Å². The number of rotatable bonds is 6. The van der Waals surface area contributed by atoms with E-state index in [1.807, 2.05) is 60.4 Å². The normalized spacial score (nSPS) is 23.1. The third-order valence-electron chi connectivity index (χ3n) is 9.16. The van der Waals surface area contributed by atoms with Gasteiger partial charge in [0.15, 0.2) is 11.6 Å². The molecule has 0 saturated carbocycles. The summed E-state index contributed by atoms with van der Waals surface area (Å²) in [7, 11) is 3.11. The van der Waals surface area contributed by atoms with Crippen LogP contribution in [0, 0.1) is 5.92 Å². The monoisotopic (exact) mass is 570 g/mol. The lowest BCUT2D eigenvalue weighted by Gasteiger charge is -2.39. The second-order valence-electron chi connectivity index (χ2n) is 11.2. The number of anilines is 2. The zero-order chi connectivity index (χ0) is 29.9. The molecular weight excluding hydrogens is 540 g/mol. The molecule has 7 heteroatoms. The van der Waals surface area contributed by atoms with E-state index in [0.29, 0.717) is 33.9 Å². The summed E-state index contributed by atoms with van der Waals surface area (Å²) in [5, 5.41) is 3.08. The minimum Gasteiger partial charge on any atom is -0.497 e. The van der Waals surface area contributed by atoms with Gasteiger partial charge in [-0.3, -0.25) is 14.4 Å². The Labute approximate surface area is 249 Å². The van der Waals surface area contributed by atoms with Crippen molar-refractivity contribution in [2.24, 2.45) is 5.92 Å². The van der Waals surface area contributed by atoms with Crippen LogP contribution < -0.4 is 19.7 Å². The SMILES string of the molecule is COc1ccc(C(=O)[C@@H]2[C@H](C(=O)c3cccc(OC)c3)[C@]3(C(=O)Nc4ccccc43)[C@H]3C=C(C)c4ccccc4N23)cc1. The molecule has 4 aromatic carbocycles. The molecule has 214 valence electrons. The Kier molecular flexibility index (Phi) is 6.20. The molecule has 3 heterocycles. The van der Waals surface area contributed by atoms with Crippen LogP contribution in [0.2, 0.25) is 0 Å². The first-order valence-corrected chi connectivity index (χ1v) is 14.2. The Morgan fingerprint density at radius 3 is 2.28 bits per heavy atom. The second kappa shape index (κ2) is 9.98. The number of benzene rings is 4. The van der Waals surface area contributed by atoms with Crippen LogP contribution in [0.25, 0.3) is 5.57 Å². The fourth-order valence-corrected chi connectivity index (χ4v) is 7.27. The maximum absolute atomic E-state index is 15.0. The molecule has 43 heavy (non-hydrogen) atoms. The number of hydrogen-bond donors (Lipinski definition) is 1. The molecule has 1 N–H and O–H groups in total. The van der Waals surface area contributed by atoms with Gasteiger partial charge in [-0.1, -0.05) is 54.6 Å². The summed E-state index contributed by atoms with van der Waals surface area (Å²) in [6.07, 6.45) is 2.05. The average molecular weight is 571 g/mol. The highest BCUT2D eigenvalue weighted by molar-refractivity contribution is 6.18. The van der Waals surface area contributed by atoms with Gasteiger partial charge in [0, 0.05) is 28.1 Å². The van der Waals surface area contributed by atoms with Gasteiger partial charge in [0.25, 0.3) is 0 Å². The molecule has 3 aliphatic heterocycles. The molecule has 3 aliphatic rings. The first kappa shape index (κ1) is 26.7. The van der Waals surface area contributed by atoms with Gasteiger partial charge in [-0.2, -0.15) is 0 Å². The molecule has 4 aromatic rings. The van der Waals surface area contributed by atoms with Gasteiger partial charge in [0.1, 0.15) is 23.0 Å². The van der Waals surface area contributed by atoms with E-state index in [9.17, 15) is 14.4 Å². The van der Waals surface area contributed by atoms with Crippen LogP contribution in [0.3, 0.4) is 0 Å². The highest BCUT2D eigenvalue weighted by Crippen LogP contribution is 2.58. The van der Waals surface area contributed by atoms with Gasteiger partial charge in [-0.05, 0) is 66.6 Å². The summed E-state index contributed by atoms with van der Waals surface area (Å²) < 4.78 is 10.8. The van der Waals surface area contributed by atoms with Crippen molar-refractivity contribution in [3.05, 3.63) is 125 Å². The number of nitrogens with zero attached hydrogens (tertiary/aromatic N) is 1. The number of nitrogens with one attached hydrogen (secondary N) is 1. The number of carbonyl (C=O) groups is 3. The maximum atomic E-state index is 15.0. The van der Waals surface area contributed by atoms with Crippen LogP contribution in [-0.2, 0) is 10.2 Å². The number of para-hydroxylation sites is 2. The summed E-state index contributed by atoms with van der Waals surface area (Å²) in [6, 6.07) is 27.6. The van der Waals surface area contributed by atoms with E-state index in [-0.39, 0.29) is 17.5 Å². The molecule has 0 aliphatic carbocycles. The number of fused-ring (bicyclic) bond motifs is 6. The third kappa shape index (κ3) is 3.77. The van der Waals surface area contributed by atoms with Gasteiger partial charge in [0.05, 0.1) is 26.2 Å². The van der Waals surface area contributed by atoms with Crippen molar-refractivity contribution < 1.29 is 23.9 Å². The second-order valence-corrected chi connectivity index (χ2v) is 11.2. The van der Waals surface area contributed by atoms with Crippen molar-refractivity contribution in [2.75, 3.05) is 24.4 Å². The van der Waals surface area contributed by atoms with E-state index in [1.54, 1.807) is 62.8 Å². The van der Waals surface area contributed by atoms with E-state index < -0.39 is 23.4 Å². The lowest BCUT2D eigenvalue weighted by molar-refractivity contribution is -0.121. The van der Waals surface area contributed by atoms with E-state index in [0.717, 1.165) is 16.8 Å². The molecule has 0 aromatic heterocycles.